The van der Waals surface area contributed by atoms with E-state index in [0.717, 1.165) is 5.56 Å². The van der Waals surface area contributed by atoms with E-state index in [-0.39, 0.29) is 36.2 Å². The van der Waals surface area contributed by atoms with E-state index in [2.05, 4.69) is 0 Å². The van der Waals surface area contributed by atoms with E-state index in [1.54, 1.807) is 24.8 Å². The van der Waals surface area contributed by atoms with E-state index < -0.39 is 5.97 Å². The monoisotopic (exact) mass is 373 g/mol. The summed E-state index contributed by atoms with van der Waals surface area (Å²) in [7, 11) is 1.60. The van der Waals surface area contributed by atoms with Gasteiger partial charge >= 0.3 is 5.97 Å². The predicted molar refractivity (Wildman–Crippen MR) is 103 cm³/mol. The summed E-state index contributed by atoms with van der Waals surface area (Å²) in [5.74, 6) is -0.552. The van der Waals surface area contributed by atoms with Crippen molar-refractivity contribution < 1.29 is 19.0 Å². The molecule has 0 bridgehead atoms. The lowest BCUT2D eigenvalue weighted by atomic mass is 10.1. The lowest BCUT2D eigenvalue weighted by Crippen LogP contribution is -2.27. The first kappa shape index (κ1) is 20.7. The van der Waals surface area contributed by atoms with E-state index in [0.29, 0.717) is 18.5 Å². The molecule has 1 atom stereocenters. The zero-order chi connectivity index (χ0) is 19.8. The maximum atomic E-state index is 12.9. The number of hydrogen-bond acceptors (Lipinski definition) is 5. The zero-order valence-electron chi connectivity index (χ0n) is 16.4. The summed E-state index contributed by atoms with van der Waals surface area (Å²) < 4.78 is 18.1. The van der Waals surface area contributed by atoms with E-state index in [1.807, 2.05) is 44.2 Å². The van der Waals surface area contributed by atoms with Gasteiger partial charge in [0, 0.05) is 25.4 Å². The quantitative estimate of drug-likeness (QED) is 0.632. The Morgan fingerprint density at radius 3 is 2.48 bits per heavy atom. The normalized spacial score (nSPS) is 11.9. The molecule has 0 N–H and O–H groups in total. The molecule has 0 aliphatic heterocycles. The minimum Gasteiger partial charge on any atom is -0.482 e. The van der Waals surface area contributed by atoms with Crippen LogP contribution >= 0.6 is 0 Å². The Morgan fingerprint density at radius 2 is 1.89 bits per heavy atom. The van der Waals surface area contributed by atoms with E-state index in [9.17, 15) is 9.59 Å². The average Bonchev–Trinajstić information content (AvgIpc) is 2.68. The number of aryl methyl sites for hydroxylation is 1. The van der Waals surface area contributed by atoms with Crippen molar-refractivity contribution in [1.82, 2.24) is 4.57 Å². The summed E-state index contributed by atoms with van der Waals surface area (Å²) in [6, 6.07) is 9.50. The number of pyridine rings is 1. The Hall–Kier alpha value is -2.60. The van der Waals surface area contributed by atoms with Gasteiger partial charge < -0.3 is 18.8 Å². The van der Waals surface area contributed by atoms with Crippen LogP contribution < -0.4 is 10.2 Å². The van der Waals surface area contributed by atoms with Gasteiger partial charge in [-0.15, -0.1) is 0 Å². The SMILES string of the molecule is CCOC(=O)c1c(OCc2ccccc2)c(=O)c(CC)cn1CC(C)OC. The van der Waals surface area contributed by atoms with Gasteiger partial charge in [-0.25, -0.2) is 4.79 Å². The highest BCUT2D eigenvalue weighted by molar-refractivity contribution is 5.90. The van der Waals surface area contributed by atoms with Crippen LogP contribution in [-0.4, -0.2) is 30.4 Å². The highest BCUT2D eigenvalue weighted by atomic mass is 16.5. The second-order valence-corrected chi connectivity index (χ2v) is 6.21. The van der Waals surface area contributed by atoms with Crippen molar-refractivity contribution in [1.29, 1.82) is 0 Å². The third kappa shape index (κ3) is 5.20. The van der Waals surface area contributed by atoms with Crippen molar-refractivity contribution in [2.45, 2.75) is 46.4 Å². The molecule has 0 saturated heterocycles. The largest absolute Gasteiger partial charge is 0.482 e. The van der Waals surface area contributed by atoms with Gasteiger partial charge in [-0.3, -0.25) is 4.79 Å². The van der Waals surface area contributed by atoms with Gasteiger partial charge in [-0.2, -0.15) is 0 Å². The fourth-order valence-corrected chi connectivity index (χ4v) is 2.72. The molecule has 0 radical (unpaired) electrons. The maximum absolute atomic E-state index is 12.9. The van der Waals surface area contributed by atoms with Crippen LogP contribution in [-0.2, 0) is 29.0 Å². The number of esters is 1. The Balaban J connectivity index is 2.53. The number of benzene rings is 1. The van der Waals surface area contributed by atoms with Gasteiger partial charge in [0.25, 0.3) is 0 Å². The van der Waals surface area contributed by atoms with Gasteiger partial charge in [0.05, 0.1) is 12.7 Å². The molecule has 0 spiro atoms. The molecule has 2 aromatic rings. The number of hydrogen-bond donors (Lipinski definition) is 0. The third-order valence-electron chi connectivity index (χ3n) is 4.24. The molecule has 6 heteroatoms. The average molecular weight is 373 g/mol. The summed E-state index contributed by atoms with van der Waals surface area (Å²) in [6.07, 6.45) is 2.08. The molecule has 0 fully saturated rings. The molecule has 6 nitrogen and oxygen atoms in total. The molecule has 1 heterocycles. The van der Waals surface area contributed by atoms with Crippen LogP contribution in [0.3, 0.4) is 0 Å². The van der Waals surface area contributed by atoms with Crippen molar-refractivity contribution in [3.8, 4) is 5.75 Å². The molecule has 146 valence electrons. The maximum Gasteiger partial charge on any atom is 0.358 e. The van der Waals surface area contributed by atoms with Crippen LogP contribution in [0.15, 0.2) is 41.3 Å². The molecule has 0 saturated carbocycles. The van der Waals surface area contributed by atoms with E-state index in [4.69, 9.17) is 14.2 Å². The number of rotatable bonds is 9. The second-order valence-electron chi connectivity index (χ2n) is 6.21. The van der Waals surface area contributed by atoms with Crippen LogP contribution in [0.1, 0.15) is 42.4 Å². The van der Waals surface area contributed by atoms with Crippen molar-refractivity contribution in [2.75, 3.05) is 13.7 Å². The van der Waals surface area contributed by atoms with Crippen molar-refractivity contribution >= 4 is 5.97 Å². The molecule has 0 amide bonds. The van der Waals surface area contributed by atoms with Crippen molar-refractivity contribution in [3.05, 3.63) is 63.6 Å². The number of methoxy groups -OCH3 is 1. The molecule has 1 unspecified atom stereocenters. The molecule has 0 aliphatic rings. The molecule has 1 aromatic carbocycles. The summed E-state index contributed by atoms with van der Waals surface area (Å²) >= 11 is 0. The summed E-state index contributed by atoms with van der Waals surface area (Å²) in [5.41, 5.74) is 1.33. The molecule has 27 heavy (non-hydrogen) atoms. The van der Waals surface area contributed by atoms with Gasteiger partial charge in [-0.1, -0.05) is 37.3 Å². The molecular formula is C21H27NO5. The first-order valence-corrected chi connectivity index (χ1v) is 9.14. The standard InChI is InChI=1S/C21H27NO5/c1-5-17-13-22(12-15(3)25-4)18(21(24)26-6-2)20(19(17)23)27-14-16-10-8-7-9-11-16/h7-11,13,15H,5-6,12,14H2,1-4H3. The molecule has 2 rings (SSSR count). The molecule has 0 aliphatic carbocycles. The predicted octanol–water partition coefficient (Wildman–Crippen LogP) is 3.20. The fourth-order valence-electron chi connectivity index (χ4n) is 2.72. The molecular weight excluding hydrogens is 346 g/mol. The smallest absolute Gasteiger partial charge is 0.358 e. The zero-order valence-corrected chi connectivity index (χ0v) is 16.4. The van der Waals surface area contributed by atoms with Gasteiger partial charge in [-0.05, 0) is 25.8 Å². The molecule has 1 aromatic heterocycles. The summed E-state index contributed by atoms with van der Waals surface area (Å²) in [4.78, 5) is 25.5. The highest BCUT2D eigenvalue weighted by Gasteiger charge is 2.24. The Morgan fingerprint density at radius 1 is 1.19 bits per heavy atom. The minimum atomic E-state index is -0.580. The van der Waals surface area contributed by atoms with Gasteiger partial charge in [0.2, 0.25) is 5.43 Å². The van der Waals surface area contributed by atoms with Crippen molar-refractivity contribution in [2.24, 2.45) is 0 Å². The number of carbonyl (C=O) groups excluding carboxylic acids is 1. The summed E-state index contributed by atoms with van der Waals surface area (Å²) in [6.45, 7) is 6.31. The van der Waals surface area contributed by atoms with Crippen LogP contribution in [0.2, 0.25) is 0 Å². The number of ether oxygens (including phenoxy) is 3. The first-order valence-electron chi connectivity index (χ1n) is 9.14. The Labute approximate surface area is 159 Å². The number of nitrogens with zero attached hydrogens (tertiary/aromatic N) is 1. The Bertz CT molecular complexity index is 813. The van der Waals surface area contributed by atoms with E-state index >= 15 is 0 Å². The van der Waals surface area contributed by atoms with Gasteiger partial charge in [0.15, 0.2) is 11.4 Å². The number of aromatic nitrogens is 1. The fraction of sp³-hybridized carbons (Fsp3) is 0.429. The summed E-state index contributed by atoms with van der Waals surface area (Å²) in [5, 5.41) is 0. The van der Waals surface area contributed by atoms with Crippen LogP contribution in [0.25, 0.3) is 0 Å². The van der Waals surface area contributed by atoms with E-state index in [1.165, 1.54) is 0 Å². The minimum absolute atomic E-state index is 0.0277. The van der Waals surface area contributed by atoms with Crippen LogP contribution in [0.4, 0.5) is 0 Å². The topological polar surface area (TPSA) is 66.8 Å². The van der Waals surface area contributed by atoms with Crippen LogP contribution in [0.5, 0.6) is 5.75 Å². The third-order valence-corrected chi connectivity index (χ3v) is 4.24. The van der Waals surface area contributed by atoms with Crippen LogP contribution in [0, 0.1) is 0 Å². The first-order chi connectivity index (χ1) is 13.0. The Kier molecular flexibility index (Phi) is 7.61. The number of carbonyl (C=O) groups is 1. The van der Waals surface area contributed by atoms with Crippen molar-refractivity contribution in [3.63, 3.8) is 0 Å². The second kappa shape index (κ2) is 9.92. The lowest BCUT2D eigenvalue weighted by Gasteiger charge is -2.20. The van der Waals surface area contributed by atoms with Gasteiger partial charge in [0.1, 0.15) is 6.61 Å². The lowest BCUT2D eigenvalue weighted by molar-refractivity contribution is 0.0495. The highest BCUT2D eigenvalue weighted by Crippen LogP contribution is 2.20.